The maximum Gasteiger partial charge on any atom is -0.0152 e. The van der Waals surface area contributed by atoms with Crippen LogP contribution in [-0.4, -0.2) is 0 Å². The first-order chi connectivity index (χ1) is 10.9. The van der Waals surface area contributed by atoms with Gasteiger partial charge in [0.25, 0.3) is 0 Å². The number of allylic oxidation sites excluding steroid dienone is 1. The van der Waals surface area contributed by atoms with Crippen LogP contribution in [0.3, 0.4) is 0 Å². The highest BCUT2D eigenvalue weighted by Gasteiger charge is 2.59. The standard InChI is InChI=1S/C23H38/c1-15(2)19-8-9-20-18-7-6-17-14-16(3)10-12-22(17,4)21(18)11-13-23(19,20)5/h16-21H,1,6-14H2,2-5H3/t16-,17+,18-,19+,20-,21?,22-,23+/m0/s1. The van der Waals surface area contributed by atoms with Crippen molar-refractivity contribution >= 4 is 0 Å². The van der Waals surface area contributed by atoms with Gasteiger partial charge in [0.05, 0.1) is 0 Å². The fourth-order valence-electron chi connectivity index (χ4n) is 8.28. The van der Waals surface area contributed by atoms with E-state index in [-0.39, 0.29) is 0 Å². The molecular weight excluding hydrogens is 276 g/mol. The van der Waals surface area contributed by atoms with Crippen molar-refractivity contribution in [1.29, 1.82) is 0 Å². The molecule has 0 N–H and O–H groups in total. The summed E-state index contributed by atoms with van der Waals surface area (Å²) >= 11 is 0. The average molecular weight is 315 g/mol. The highest BCUT2D eigenvalue weighted by Crippen LogP contribution is 2.68. The third kappa shape index (κ3) is 2.22. The van der Waals surface area contributed by atoms with Gasteiger partial charge in [0.15, 0.2) is 0 Å². The van der Waals surface area contributed by atoms with Crippen LogP contribution in [0, 0.1) is 46.3 Å². The molecule has 4 aliphatic carbocycles. The fraction of sp³-hybridized carbons (Fsp3) is 0.913. The summed E-state index contributed by atoms with van der Waals surface area (Å²) in [5.41, 5.74) is 2.73. The Kier molecular flexibility index (Phi) is 3.79. The lowest BCUT2D eigenvalue weighted by molar-refractivity contribution is -0.114. The molecule has 0 aromatic rings. The lowest BCUT2D eigenvalue weighted by atomic mass is 9.44. The van der Waals surface area contributed by atoms with Crippen LogP contribution >= 0.6 is 0 Å². The van der Waals surface area contributed by atoms with E-state index in [9.17, 15) is 0 Å². The Morgan fingerprint density at radius 2 is 1.57 bits per heavy atom. The van der Waals surface area contributed by atoms with Crippen molar-refractivity contribution in [3.05, 3.63) is 12.2 Å². The average Bonchev–Trinajstić information content (AvgIpc) is 2.85. The second-order valence-corrected chi connectivity index (χ2v) is 10.6. The monoisotopic (exact) mass is 314 g/mol. The second kappa shape index (κ2) is 5.37. The zero-order valence-corrected chi connectivity index (χ0v) is 16.0. The Hall–Kier alpha value is -0.260. The molecule has 0 bridgehead atoms. The van der Waals surface area contributed by atoms with Gasteiger partial charge in [-0.3, -0.25) is 0 Å². The van der Waals surface area contributed by atoms with Gasteiger partial charge >= 0.3 is 0 Å². The molecule has 130 valence electrons. The molecule has 0 heteroatoms. The number of fused-ring (bicyclic) bond motifs is 5. The molecule has 0 heterocycles. The second-order valence-electron chi connectivity index (χ2n) is 10.6. The SMILES string of the molecule is C=C(C)[C@H]1CC[C@H]2[C@@H]3CC[C@@H]4C[C@@H](C)CC[C@]4(C)C3CC[C@]12C. The minimum Gasteiger partial charge on any atom is -0.0998 e. The first kappa shape index (κ1) is 16.2. The van der Waals surface area contributed by atoms with Gasteiger partial charge in [-0.2, -0.15) is 0 Å². The molecule has 0 saturated heterocycles. The van der Waals surface area contributed by atoms with Crippen LogP contribution in [0.5, 0.6) is 0 Å². The van der Waals surface area contributed by atoms with Crippen molar-refractivity contribution in [3.63, 3.8) is 0 Å². The van der Waals surface area contributed by atoms with Crippen LogP contribution in [0.25, 0.3) is 0 Å². The molecule has 4 aliphatic rings. The Balaban J connectivity index is 1.61. The number of rotatable bonds is 1. The van der Waals surface area contributed by atoms with Crippen LogP contribution in [0.4, 0.5) is 0 Å². The zero-order chi connectivity index (χ0) is 16.4. The summed E-state index contributed by atoms with van der Waals surface area (Å²) in [4.78, 5) is 0. The van der Waals surface area contributed by atoms with Gasteiger partial charge in [-0.05, 0) is 105 Å². The first-order valence-corrected chi connectivity index (χ1v) is 10.5. The summed E-state index contributed by atoms with van der Waals surface area (Å²) in [6, 6.07) is 0. The predicted octanol–water partition coefficient (Wildman–Crippen LogP) is 6.86. The van der Waals surface area contributed by atoms with Crippen LogP contribution in [0.15, 0.2) is 12.2 Å². The maximum absolute atomic E-state index is 4.36. The minimum absolute atomic E-state index is 0.582. The molecule has 23 heavy (non-hydrogen) atoms. The van der Waals surface area contributed by atoms with Gasteiger partial charge in [0.1, 0.15) is 0 Å². The Morgan fingerprint density at radius 3 is 2.30 bits per heavy atom. The van der Waals surface area contributed by atoms with Gasteiger partial charge < -0.3 is 0 Å². The van der Waals surface area contributed by atoms with Crippen LogP contribution in [-0.2, 0) is 0 Å². The fourth-order valence-corrected chi connectivity index (χ4v) is 8.28. The van der Waals surface area contributed by atoms with Crippen molar-refractivity contribution in [2.24, 2.45) is 46.3 Å². The third-order valence-electron chi connectivity index (χ3n) is 9.52. The molecule has 0 aliphatic heterocycles. The van der Waals surface area contributed by atoms with E-state index < -0.39 is 0 Å². The largest absolute Gasteiger partial charge is 0.0998 e. The molecule has 0 spiro atoms. The van der Waals surface area contributed by atoms with E-state index in [4.69, 9.17) is 0 Å². The van der Waals surface area contributed by atoms with Gasteiger partial charge in [-0.25, -0.2) is 0 Å². The number of hydrogen-bond acceptors (Lipinski definition) is 0. The molecule has 0 nitrogen and oxygen atoms in total. The first-order valence-electron chi connectivity index (χ1n) is 10.5. The quantitative estimate of drug-likeness (QED) is 0.464. The smallest absolute Gasteiger partial charge is 0.0152 e. The number of hydrogen-bond donors (Lipinski definition) is 0. The van der Waals surface area contributed by atoms with Crippen LogP contribution < -0.4 is 0 Å². The molecule has 1 unspecified atom stereocenters. The van der Waals surface area contributed by atoms with Crippen molar-refractivity contribution < 1.29 is 0 Å². The molecule has 4 fully saturated rings. The van der Waals surface area contributed by atoms with Gasteiger partial charge in [0.2, 0.25) is 0 Å². The van der Waals surface area contributed by atoms with Crippen molar-refractivity contribution in [2.45, 2.75) is 85.5 Å². The zero-order valence-electron chi connectivity index (χ0n) is 16.0. The van der Waals surface area contributed by atoms with Gasteiger partial charge in [0, 0.05) is 0 Å². The summed E-state index contributed by atoms with van der Waals surface area (Å²) in [5.74, 6) is 5.90. The molecule has 0 radical (unpaired) electrons. The Morgan fingerprint density at radius 1 is 0.870 bits per heavy atom. The third-order valence-corrected chi connectivity index (χ3v) is 9.52. The lowest BCUT2D eigenvalue weighted by Crippen LogP contribution is -2.53. The summed E-state index contributed by atoms with van der Waals surface area (Å²) < 4.78 is 0. The van der Waals surface area contributed by atoms with Crippen molar-refractivity contribution in [3.8, 4) is 0 Å². The van der Waals surface area contributed by atoms with E-state index in [1.165, 1.54) is 56.9 Å². The normalized spacial score (nSPS) is 55.7. The van der Waals surface area contributed by atoms with Crippen LogP contribution in [0.1, 0.15) is 85.5 Å². The van der Waals surface area contributed by atoms with Crippen LogP contribution in [0.2, 0.25) is 0 Å². The van der Waals surface area contributed by atoms with E-state index in [1.807, 2.05) is 0 Å². The van der Waals surface area contributed by atoms with E-state index in [2.05, 4.69) is 34.3 Å². The minimum atomic E-state index is 0.582. The van der Waals surface area contributed by atoms with E-state index in [1.54, 1.807) is 6.42 Å². The molecular formula is C23H38. The topological polar surface area (TPSA) is 0 Å². The molecule has 4 rings (SSSR count). The predicted molar refractivity (Wildman–Crippen MR) is 99.2 cm³/mol. The molecule has 4 saturated carbocycles. The van der Waals surface area contributed by atoms with Gasteiger partial charge in [-0.15, -0.1) is 0 Å². The van der Waals surface area contributed by atoms with E-state index in [0.29, 0.717) is 10.8 Å². The van der Waals surface area contributed by atoms with E-state index >= 15 is 0 Å². The maximum atomic E-state index is 4.36. The lowest BCUT2D eigenvalue weighted by Gasteiger charge is -2.61. The molecule has 0 amide bonds. The summed E-state index contributed by atoms with van der Waals surface area (Å²) in [6.45, 7) is 14.5. The van der Waals surface area contributed by atoms with E-state index in [0.717, 1.165) is 35.5 Å². The molecule has 0 aromatic heterocycles. The van der Waals surface area contributed by atoms with Crippen molar-refractivity contribution in [1.82, 2.24) is 0 Å². The summed E-state index contributed by atoms with van der Waals surface area (Å²) in [6.07, 6.45) is 13.5. The highest BCUT2D eigenvalue weighted by molar-refractivity contribution is 5.15. The Labute approximate surface area is 144 Å². The van der Waals surface area contributed by atoms with Crippen molar-refractivity contribution in [2.75, 3.05) is 0 Å². The molecule has 8 atom stereocenters. The molecule has 0 aromatic carbocycles. The van der Waals surface area contributed by atoms with Gasteiger partial charge in [-0.1, -0.05) is 39.3 Å². The highest BCUT2D eigenvalue weighted by atomic mass is 14.6. The summed E-state index contributed by atoms with van der Waals surface area (Å²) in [7, 11) is 0. The summed E-state index contributed by atoms with van der Waals surface area (Å²) in [5, 5.41) is 0. The Bertz CT molecular complexity index is 490.